The highest BCUT2D eigenvalue weighted by Gasteiger charge is 2.48. The van der Waals surface area contributed by atoms with E-state index in [1.807, 2.05) is 23.1 Å². The number of ether oxygens (including phenoxy) is 2. The van der Waals surface area contributed by atoms with Gasteiger partial charge in [0.1, 0.15) is 0 Å². The summed E-state index contributed by atoms with van der Waals surface area (Å²) in [5.74, 6) is -0.312. The number of carboxylic acids is 1. The van der Waals surface area contributed by atoms with Crippen LogP contribution < -0.4 is 15.2 Å². The third-order valence-corrected chi connectivity index (χ3v) is 7.42. The molecule has 2 heterocycles. The summed E-state index contributed by atoms with van der Waals surface area (Å²) in [6.45, 7) is 11.2. The molecule has 196 valence electrons. The van der Waals surface area contributed by atoms with Gasteiger partial charge in [0, 0.05) is 38.1 Å². The van der Waals surface area contributed by atoms with Crippen molar-refractivity contribution < 1.29 is 24.2 Å². The number of rotatable bonds is 13. The van der Waals surface area contributed by atoms with Gasteiger partial charge in [0.15, 0.2) is 11.5 Å². The molecule has 0 aliphatic carbocycles. The van der Waals surface area contributed by atoms with Crippen LogP contribution in [0.2, 0.25) is 0 Å². The van der Waals surface area contributed by atoms with Crippen molar-refractivity contribution in [2.45, 2.75) is 71.8 Å². The van der Waals surface area contributed by atoms with Crippen molar-refractivity contribution in [2.24, 2.45) is 17.1 Å². The minimum absolute atomic E-state index is 0.0256. The van der Waals surface area contributed by atoms with Gasteiger partial charge in [-0.3, -0.25) is 14.5 Å². The van der Waals surface area contributed by atoms with E-state index in [0.29, 0.717) is 37.7 Å². The van der Waals surface area contributed by atoms with Gasteiger partial charge in [-0.15, -0.1) is 0 Å². The van der Waals surface area contributed by atoms with E-state index < -0.39 is 11.9 Å². The molecule has 8 heteroatoms. The van der Waals surface area contributed by atoms with E-state index >= 15 is 0 Å². The van der Waals surface area contributed by atoms with Gasteiger partial charge in [-0.1, -0.05) is 46.6 Å². The molecule has 3 rings (SSSR count). The van der Waals surface area contributed by atoms with Crippen molar-refractivity contribution in [3.8, 4) is 11.5 Å². The van der Waals surface area contributed by atoms with Crippen LogP contribution >= 0.6 is 0 Å². The molecule has 1 fully saturated rings. The molecule has 0 aromatic heterocycles. The predicted molar refractivity (Wildman–Crippen MR) is 136 cm³/mol. The first-order valence-electron chi connectivity index (χ1n) is 13.0. The van der Waals surface area contributed by atoms with E-state index in [-0.39, 0.29) is 36.6 Å². The first-order chi connectivity index (χ1) is 16.7. The number of nitrogens with two attached hydrogens (primary N) is 1. The Kier molecular flexibility index (Phi) is 9.41. The number of hydrogen-bond donors (Lipinski definition) is 2. The Morgan fingerprint density at radius 3 is 2.57 bits per heavy atom. The van der Waals surface area contributed by atoms with E-state index in [2.05, 4.69) is 32.6 Å². The van der Waals surface area contributed by atoms with Crippen molar-refractivity contribution in [3.05, 3.63) is 23.8 Å². The fourth-order valence-corrected chi connectivity index (χ4v) is 5.71. The number of carbonyl (C=O) groups is 2. The average Bonchev–Trinajstić information content (AvgIpc) is 3.40. The molecule has 3 unspecified atom stereocenters. The van der Waals surface area contributed by atoms with Crippen LogP contribution in [0.15, 0.2) is 18.2 Å². The molecule has 2 aliphatic heterocycles. The Balaban J connectivity index is 1.91. The summed E-state index contributed by atoms with van der Waals surface area (Å²) in [5.41, 5.74) is 6.67. The van der Waals surface area contributed by atoms with E-state index in [4.69, 9.17) is 15.2 Å². The van der Waals surface area contributed by atoms with Crippen molar-refractivity contribution in [1.29, 1.82) is 0 Å². The molecule has 0 radical (unpaired) electrons. The molecule has 0 bridgehead atoms. The highest BCUT2D eigenvalue weighted by molar-refractivity contribution is 5.79. The van der Waals surface area contributed by atoms with Gasteiger partial charge in [-0.05, 0) is 42.4 Å². The number of hydrogen-bond acceptors (Lipinski definition) is 6. The molecule has 0 spiro atoms. The lowest BCUT2D eigenvalue weighted by Gasteiger charge is -2.35. The summed E-state index contributed by atoms with van der Waals surface area (Å²) in [6.07, 6.45) is 4.68. The number of unbranched alkanes of at least 4 members (excludes halogenated alkanes) is 1. The smallest absolute Gasteiger partial charge is 0.308 e. The zero-order chi connectivity index (χ0) is 25.6. The summed E-state index contributed by atoms with van der Waals surface area (Å²) >= 11 is 0. The Hall–Kier alpha value is -2.32. The monoisotopic (exact) mass is 489 g/mol. The normalized spacial score (nSPS) is 21.9. The van der Waals surface area contributed by atoms with Crippen LogP contribution in [0, 0.1) is 11.3 Å². The number of carbonyl (C=O) groups excluding carboxylic acids is 1. The number of fused-ring (bicyclic) bond motifs is 1. The Bertz CT molecular complexity index is 874. The molecule has 3 atom stereocenters. The van der Waals surface area contributed by atoms with E-state index in [0.717, 1.165) is 37.7 Å². The molecule has 2 aliphatic rings. The van der Waals surface area contributed by atoms with Crippen LogP contribution in [0.3, 0.4) is 0 Å². The van der Waals surface area contributed by atoms with Crippen molar-refractivity contribution >= 4 is 11.9 Å². The maximum Gasteiger partial charge on any atom is 0.308 e. The summed E-state index contributed by atoms with van der Waals surface area (Å²) in [6, 6.07) is 5.47. The minimum Gasteiger partial charge on any atom is -0.481 e. The predicted octanol–water partition coefficient (Wildman–Crippen LogP) is 3.69. The minimum atomic E-state index is -0.815. The largest absolute Gasteiger partial charge is 0.481 e. The summed E-state index contributed by atoms with van der Waals surface area (Å²) < 4.78 is 11.0. The second-order valence-electron chi connectivity index (χ2n) is 10.7. The number of carboxylic acid groups (broad SMARTS) is 1. The van der Waals surface area contributed by atoms with E-state index in [9.17, 15) is 14.7 Å². The Morgan fingerprint density at radius 1 is 1.17 bits per heavy atom. The average molecular weight is 490 g/mol. The van der Waals surface area contributed by atoms with E-state index in [1.54, 1.807) is 0 Å². The second kappa shape index (κ2) is 12.1. The van der Waals surface area contributed by atoms with Gasteiger partial charge < -0.3 is 25.2 Å². The summed E-state index contributed by atoms with van der Waals surface area (Å²) in [5, 5.41) is 10.4. The topological polar surface area (TPSA) is 105 Å². The van der Waals surface area contributed by atoms with Gasteiger partial charge in [0.2, 0.25) is 12.7 Å². The number of nitrogens with zero attached hydrogens (tertiary/aromatic N) is 2. The summed E-state index contributed by atoms with van der Waals surface area (Å²) in [4.78, 5) is 30.0. The van der Waals surface area contributed by atoms with Crippen molar-refractivity contribution in [3.63, 3.8) is 0 Å². The highest BCUT2D eigenvalue weighted by atomic mass is 16.7. The number of aliphatic carboxylic acids is 1. The SMILES string of the molecule is CCCCN(CCN)C(=O)CN1CC(c2ccc3c(c2)OCO3)C(C(=O)O)C1CC(C)(C)CCC. The lowest BCUT2D eigenvalue weighted by Crippen LogP contribution is -2.46. The maximum absolute atomic E-state index is 13.3. The van der Waals surface area contributed by atoms with Gasteiger partial charge in [0.05, 0.1) is 12.5 Å². The molecular formula is C27H43N3O5. The maximum atomic E-state index is 13.3. The molecule has 1 aromatic rings. The van der Waals surface area contributed by atoms with Crippen molar-refractivity contribution in [2.75, 3.05) is 39.5 Å². The lowest BCUT2D eigenvalue weighted by atomic mass is 9.76. The highest BCUT2D eigenvalue weighted by Crippen LogP contribution is 2.45. The molecule has 3 N–H and O–H groups in total. The fraction of sp³-hybridized carbons (Fsp3) is 0.704. The van der Waals surface area contributed by atoms with Crippen LogP contribution in [-0.2, 0) is 9.59 Å². The third kappa shape index (κ3) is 6.67. The number of benzene rings is 1. The standard InChI is InChI=1S/C27H43N3O5/c1-5-7-12-29(13-11-28)24(31)17-30-16-20(19-8-9-22-23(14-19)35-18-34-22)25(26(32)33)21(30)15-27(3,4)10-6-2/h8-9,14,20-21,25H,5-7,10-13,15-18,28H2,1-4H3,(H,32,33). The number of amides is 1. The van der Waals surface area contributed by atoms with Crippen LogP contribution in [0.5, 0.6) is 11.5 Å². The van der Waals surface area contributed by atoms with Crippen LogP contribution in [0.1, 0.15) is 71.3 Å². The molecule has 1 saturated heterocycles. The lowest BCUT2D eigenvalue weighted by molar-refractivity contribution is -0.144. The van der Waals surface area contributed by atoms with Crippen LogP contribution in [0.4, 0.5) is 0 Å². The number of likely N-dealkylation sites (tertiary alicyclic amines) is 1. The Labute approximate surface area is 209 Å². The zero-order valence-electron chi connectivity index (χ0n) is 21.8. The molecular weight excluding hydrogens is 446 g/mol. The first-order valence-corrected chi connectivity index (χ1v) is 13.0. The van der Waals surface area contributed by atoms with Crippen molar-refractivity contribution in [1.82, 2.24) is 9.80 Å². The molecule has 8 nitrogen and oxygen atoms in total. The zero-order valence-corrected chi connectivity index (χ0v) is 21.8. The second-order valence-corrected chi connectivity index (χ2v) is 10.7. The molecule has 35 heavy (non-hydrogen) atoms. The van der Waals surface area contributed by atoms with Crippen LogP contribution in [-0.4, -0.2) is 72.3 Å². The first kappa shape index (κ1) is 27.3. The fourth-order valence-electron chi connectivity index (χ4n) is 5.71. The van der Waals surface area contributed by atoms with Gasteiger partial charge in [-0.2, -0.15) is 0 Å². The quantitative estimate of drug-likeness (QED) is 0.435. The van der Waals surface area contributed by atoms with Crippen LogP contribution in [0.25, 0.3) is 0 Å². The van der Waals surface area contributed by atoms with Gasteiger partial charge in [0.25, 0.3) is 0 Å². The van der Waals surface area contributed by atoms with E-state index in [1.165, 1.54) is 0 Å². The van der Waals surface area contributed by atoms with Gasteiger partial charge >= 0.3 is 5.97 Å². The summed E-state index contributed by atoms with van der Waals surface area (Å²) in [7, 11) is 0. The van der Waals surface area contributed by atoms with Gasteiger partial charge in [-0.25, -0.2) is 0 Å². The third-order valence-electron chi connectivity index (χ3n) is 7.42. The molecule has 1 aromatic carbocycles. The molecule has 0 saturated carbocycles. The molecule has 1 amide bonds. The Morgan fingerprint density at radius 2 is 1.91 bits per heavy atom.